The predicted molar refractivity (Wildman–Crippen MR) is 114 cm³/mol. The van der Waals surface area contributed by atoms with Gasteiger partial charge in [0, 0.05) is 39.1 Å². The Morgan fingerprint density at radius 2 is 1.70 bits per heavy atom. The monoisotopic (exact) mass is 496 g/mol. The Hall–Kier alpha value is -0.990. The summed E-state index contributed by atoms with van der Waals surface area (Å²) >= 11 is 4.81. The zero-order valence-electron chi connectivity index (χ0n) is 14.4. The van der Waals surface area contributed by atoms with Crippen LogP contribution in [0.25, 0.3) is 0 Å². The molecule has 3 rings (SSSR count). The third-order valence-electron chi connectivity index (χ3n) is 4.27. The molecule has 1 saturated heterocycles. The second-order valence-corrected chi connectivity index (χ2v) is 8.35. The molecule has 0 spiro atoms. The van der Waals surface area contributed by atoms with Crippen molar-refractivity contribution in [1.29, 1.82) is 0 Å². The van der Waals surface area contributed by atoms with Gasteiger partial charge in [0.2, 0.25) is 0 Å². The average Bonchev–Trinajstić information content (AvgIpc) is 3.06. The Balaban J connectivity index is 0.00000182. The van der Waals surface area contributed by atoms with Crippen LogP contribution in [0.4, 0.5) is 4.39 Å². The van der Waals surface area contributed by atoms with Gasteiger partial charge < -0.3 is 4.90 Å². The maximum atomic E-state index is 13.7. The number of carbonyl (C=O) groups excluding carboxylic acids is 2. The summed E-state index contributed by atoms with van der Waals surface area (Å²) in [5.41, 5.74) is 0.120. The molecule has 1 aliphatic rings. The van der Waals surface area contributed by atoms with Crippen LogP contribution in [0.1, 0.15) is 26.5 Å². The summed E-state index contributed by atoms with van der Waals surface area (Å²) in [6.45, 7) is 3.16. The molecular weight excluding hydrogens is 478 g/mol. The lowest BCUT2D eigenvalue weighted by Crippen LogP contribution is -2.49. The molecule has 0 aliphatic carbocycles. The maximum Gasteiger partial charge on any atom is 0.256 e. The number of carbonyl (C=O) groups is 2. The lowest BCUT2D eigenvalue weighted by molar-refractivity contribution is 0.0624. The van der Waals surface area contributed by atoms with Crippen molar-refractivity contribution < 1.29 is 14.0 Å². The van der Waals surface area contributed by atoms with Crippen LogP contribution in [-0.4, -0.2) is 54.2 Å². The molecule has 9 heteroatoms. The molecule has 0 atom stereocenters. The molecule has 2 heterocycles. The van der Waals surface area contributed by atoms with E-state index in [0.717, 1.165) is 8.66 Å². The molecule has 1 fully saturated rings. The standard InChI is InChI=1S/C18H18BrFN2O2S.2ClH/c19-17-6-5-16(25-17)15(23)7-8-21-9-11-22(12-10-21)18(24)13-3-1-2-4-14(13)20;;/h1-6H,7-12H2;2*1H. The van der Waals surface area contributed by atoms with E-state index in [-0.39, 0.29) is 42.1 Å². The van der Waals surface area contributed by atoms with Gasteiger partial charge in [-0.25, -0.2) is 4.39 Å². The van der Waals surface area contributed by atoms with E-state index in [1.165, 1.54) is 23.5 Å². The fourth-order valence-electron chi connectivity index (χ4n) is 2.83. The number of hydrogen-bond acceptors (Lipinski definition) is 4. The highest BCUT2D eigenvalue weighted by Crippen LogP contribution is 2.23. The van der Waals surface area contributed by atoms with E-state index in [1.807, 2.05) is 12.1 Å². The van der Waals surface area contributed by atoms with Gasteiger partial charge in [-0.1, -0.05) is 12.1 Å². The van der Waals surface area contributed by atoms with Crippen molar-refractivity contribution in [3.05, 3.63) is 56.4 Å². The first-order valence-electron chi connectivity index (χ1n) is 8.09. The van der Waals surface area contributed by atoms with Crippen molar-refractivity contribution in [2.45, 2.75) is 6.42 Å². The van der Waals surface area contributed by atoms with E-state index in [2.05, 4.69) is 20.8 Å². The topological polar surface area (TPSA) is 40.6 Å². The highest BCUT2D eigenvalue weighted by Gasteiger charge is 2.24. The highest BCUT2D eigenvalue weighted by atomic mass is 79.9. The molecule has 1 aliphatic heterocycles. The summed E-state index contributed by atoms with van der Waals surface area (Å²) in [6.07, 6.45) is 0.466. The number of nitrogens with zero attached hydrogens (tertiary/aromatic N) is 2. The van der Waals surface area contributed by atoms with E-state index >= 15 is 0 Å². The summed E-state index contributed by atoms with van der Waals surface area (Å²) in [5.74, 6) is -0.611. The fourth-order valence-corrected chi connectivity index (χ4v) is 4.18. The number of benzene rings is 1. The van der Waals surface area contributed by atoms with Gasteiger partial charge in [-0.05, 0) is 40.2 Å². The molecular formula is C18H20BrCl2FN2O2S. The predicted octanol–water partition coefficient (Wildman–Crippen LogP) is 4.52. The lowest BCUT2D eigenvalue weighted by Gasteiger charge is -2.34. The normalized spacial score (nSPS) is 14.2. The van der Waals surface area contributed by atoms with E-state index in [4.69, 9.17) is 0 Å². The molecule has 0 bridgehead atoms. The summed E-state index contributed by atoms with van der Waals surface area (Å²) < 4.78 is 14.7. The minimum atomic E-state index is -0.484. The molecule has 0 unspecified atom stereocenters. The van der Waals surface area contributed by atoms with Gasteiger partial charge in [0.05, 0.1) is 14.2 Å². The molecule has 1 amide bonds. The number of Topliss-reactive ketones (excluding diaryl/α,β-unsaturated/α-hetero) is 1. The molecule has 0 saturated carbocycles. The zero-order valence-corrected chi connectivity index (χ0v) is 18.4. The lowest BCUT2D eigenvalue weighted by atomic mass is 10.1. The first-order chi connectivity index (χ1) is 12.0. The van der Waals surface area contributed by atoms with Crippen LogP contribution in [0.3, 0.4) is 0 Å². The summed E-state index contributed by atoms with van der Waals surface area (Å²) in [6, 6.07) is 9.78. The molecule has 1 aromatic heterocycles. The highest BCUT2D eigenvalue weighted by molar-refractivity contribution is 9.11. The Morgan fingerprint density at radius 1 is 1.04 bits per heavy atom. The Bertz CT molecular complexity index is 782. The van der Waals surface area contributed by atoms with E-state index < -0.39 is 5.82 Å². The van der Waals surface area contributed by atoms with Crippen molar-refractivity contribution in [3.63, 3.8) is 0 Å². The molecule has 4 nitrogen and oxygen atoms in total. The SMILES string of the molecule is Cl.Cl.O=C(CCN1CCN(C(=O)c2ccccc2F)CC1)c1ccc(Br)s1. The number of hydrogen-bond donors (Lipinski definition) is 0. The Kier molecular flexibility index (Phi) is 9.90. The first-order valence-corrected chi connectivity index (χ1v) is 9.70. The number of thiophene rings is 1. The number of halogens is 4. The molecule has 2 aromatic rings. The number of rotatable bonds is 5. The third-order valence-corrected chi connectivity index (χ3v) is 5.93. The van der Waals surface area contributed by atoms with Crippen molar-refractivity contribution >= 4 is 63.8 Å². The van der Waals surface area contributed by atoms with Gasteiger partial charge in [0.15, 0.2) is 5.78 Å². The summed E-state index contributed by atoms with van der Waals surface area (Å²) in [7, 11) is 0. The van der Waals surface area contributed by atoms with Gasteiger partial charge in [-0.15, -0.1) is 36.2 Å². The summed E-state index contributed by atoms with van der Waals surface area (Å²) in [5, 5.41) is 0. The molecule has 27 heavy (non-hydrogen) atoms. The maximum absolute atomic E-state index is 13.7. The third kappa shape index (κ3) is 6.26. The van der Waals surface area contributed by atoms with Crippen LogP contribution >= 0.6 is 52.1 Å². The minimum absolute atomic E-state index is 0. The number of ketones is 1. The van der Waals surface area contributed by atoms with Crippen LogP contribution in [-0.2, 0) is 0 Å². The van der Waals surface area contributed by atoms with Crippen molar-refractivity contribution in [3.8, 4) is 0 Å². The van der Waals surface area contributed by atoms with Crippen LogP contribution in [0.15, 0.2) is 40.2 Å². The van der Waals surface area contributed by atoms with Crippen LogP contribution < -0.4 is 0 Å². The second kappa shape index (κ2) is 11.1. The average molecular weight is 498 g/mol. The van der Waals surface area contributed by atoms with Crippen molar-refractivity contribution in [1.82, 2.24) is 9.80 Å². The Morgan fingerprint density at radius 3 is 2.30 bits per heavy atom. The van der Waals surface area contributed by atoms with E-state index in [0.29, 0.717) is 39.1 Å². The van der Waals surface area contributed by atoms with Crippen LogP contribution in [0, 0.1) is 5.82 Å². The quantitative estimate of drug-likeness (QED) is 0.570. The largest absolute Gasteiger partial charge is 0.336 e. The van der Waals surface area contributed by atoms with Crippen molar-refractivity contribution in [2.75, 3.05) is 32.7 Å². The fraction of sp³-hybridized carbons (Fsp3) is 0.333. The van der Waals surface area contributed by atoms with Crippen molar-refractivity contribution in [2.24, 2.45) is 0 Å². The number of amides is 1. The van der Waals surface area contributed by atoms with Crippen LogP contribution in [0.2, 0.25) is 0 Å². The first kappa shape index (κ1) is 24.0. The smallest absolute Gasteiger partial charge is 0.256 e. The van der Waals surface area contributed by atoms with E-state index in [1.54, 1.807) is 17.0 Å². The van der Waals surface area contributed by atoms with Gasteiger partial charge in [0.1, 0.15) is 5.82 Å². The number of piperazine rings is 1. The second-order valence-electron chi connectivity index (χ2n) is 5.89. The molecule has 1 aromatic carbocycles. The Labute approximate surface area is 182 Å². The van der Waals surface area contributed by atoms with Crippen LogP contribution in [0.5, 0.6) is 0 Å². The minimum Gasteiger partial charge on any atom is -0.336 e. The van der Waals surface area contributed by atoms with Gasteiger partial charge >= 0.3 is 0 Å². The molecule has 148 valence electrons. The zero-order chi connectivity index (χ0) is 17.8. The van der Waals surface area contributed by atoms with Gasteiger partial charge in [0.25, 0.3) is 5.91 Å². The van der Waals surface area contributed by atoms with Gasteiger partial charge in [-0.2, -0.15) is 0 Å². The molecule has 0 N–H and O–H groups in total. The van der Waals surface area contributed by atoms with E-state index in [9.17, 15) is 14.0 Å². The molecule has 0 radical (unpaired) electrons. The van der Waals surface area contributed by atoms with Gasteiger partial charge in [-0.3, -0.25) is 14.5 Å². The summed E-state index contributed by atoms with van der Waals surface area (Å²) in [4.78, 5) is 29.2.